The highest BCUT2D eigenvalue weighted by Crippen LogP contribution is 2.32. The van der Waals surface area contributed by atoms with E-state index in [0.717, 1.165) is 37.2 Å². The molecular formula is C33H31BrClN5O4. The molecule has 0 saturated carbocycles. The van der Waals surface area contributed by atoms with E-state index in [2.05, 4.69) is 26.1 Å². The third-order valence-corrected chi connectivity index (χ3v) is 10.0. The van der Waals surface area contributed by atoms with Crippen molar-refractivity contribution in [3.05, 3.63) is 115 Å². The van der Waals surface area contributed by atoms with Crippen LogP contribution in [0.5, 0.6) is 0 Å². The first-order chi connectivity index (χ1) is 21.4. The van der Waals surface area contributed by atoms with Crippen molar-refractivity contribution in [3.8, 4) is 5.69 Å². The quantitative estimate of drug-likeness (QED) is 0.311. The Morgan fingerprint density at radius 2 is 1.75 bits per heavy atom. The van der Waals surface area contributed by atoms with Crippen molar-refractivity contribution in [1.29, 1.82) is 0 Å². The SMILES string of the molecule is O=C(NCc1ccccc1)c1c2n(c(=O)n1-c1ccc(N3C[C@H]4CC[C@@H]3CO4)cc1)CCN(C(=O)c1ccc(Br)c(Cl)c1)C2. The summed E-state index contributed by atoms with van der Waals surface area (Å²) in [6.45, 7) is 2.59. The van der Waals surface area contributed by atoms with E-state index in [0.29, 0.717) is 45.6 Å². The van der Waals surface area contributed by atoms with Gasteiger partial charge in [0.1, 0.15) is 5.69 Å². The Labute approximate surface area is 268 Å². The van der Waals surface area contributed by atoms with Gasteiger partial charge in [-0.05, 0) is 76.8 Å². The van der Waals surface area contributed by atoms with Crippen LogP contribution in [0, 0.1) is 0 Å². The maximum atomic E-state index is 13.9. The number of halogens is 2. The molecule has 4 aromatic rings. The number of piperidine rings is 1. The van der Waals surface area contributed by atoms with E-state index in [1.807, 2.05) is 54.6 Å². The third-order valence-electron chi connectivity index (χ3n) is 8.77. The molecule has 0 spiro atoms. The van der Waals surface area contributed by atoms with Crippen molar-refractivity contribution < 1.29 is 14.3 Å². The van der Waals surface area contributed by atoms with Gasteiger partial charge in [-0.1, -0.05) is 41.9 Å². The van der Waals surface area contributed by atoms with Crippen LogP contribution in [-0.4, -0.2) is 57.7 Å². The van der Waals surface area contributed by atoms with Gasteiger partial charge in [-0.3, -0.25) is 18.7 Å². The van der Waals surface area contributed by atoms with Crippen LogP contribution in [0.1, 0.15) is 44.9 Å². The lowest BCUT2D eigenvalue weighted by atomic mass is 9.96. The number of nitrogens with zero attached hydrogens (tertiary/aromatic N) is 4. The Morgan fingerprint density at radius 3 is 2.43 bits per heavy atom. The highest BCUT2D eigenvalue weighted by atomic mass is 79.9. The number of hydrogen-bond acceptors (Lipinski definition) is 5. The Kier molecular flexibility index (Phi) is 7.82. The molecule has 2 atom stereocenters. The maximum Gasteiger partial charge on any atom is 0.333 e. The number of benzene rings is 3. The average molecular weight is 677 g/mol. The number of aromatic nitrogens is 2. The molecule has 1 N–H and O–H groups in total. The highest BCUT2D eigenvalue weighted by molar-refractivity contribution is 9.10. The molecule has 0 aliphatic carbocycles. The summed E-state index contributed by atoms with van der Waals surface area (Å²) < 4.78 is 9.67. The number of carbonyl (C=O) groups is 2. The second-order valence-electron chi connectivity index (χ2n) is 11.4. The number of hydrogen-bond donors (Lipinski definition) is 1. The number of morpholine rings is 1. The van der Waals surface area contributed by atoms with Crippen LogP contribution in [0.15, 0.2) is 82.1 Å². The zero-order valence-corrected chi connectivity index (χ0v) is 26.3. The summed E-state index contributed by atoms with van der Waals surface area (Å²) >= 11 is 9.64. The molecule has 1 aromatic heterocycles. The summed E-state index contributed by atoms with van der Waals surface area (Å²) in [4.78, 5) is 45.4. The molecule has 4 aliphatic heterocycles. The van der Waals surface area contributed by atoms with Crippen molar-refractivity contribution in [2.75, 3.05) is 24.6 Å². The number of imidazole rings is 1. The summed E-state index contributed by atoms with van der Waals surface area (Å²) in [6.07, 6.45) is 2.44. The molecule has 3 aromatic carbocycles. The van der Waals surface area contributed by atoms with E-state index in [1.54, 1.807) is 27.7 Å². The van der Waals surface area contributed by atoms with Gasteiger partial charge in [-0.15, -0.1) is 0 Å². The Hall–Kier alpha value is -3.86. The summed E-state index contributed by atoms with van der Waals surface area (Å²) in [5, 5.41) is 3.43. The molecule has 0 unspecified atom stereocenters. The van der Waals surface area contributed by atoms with Gasteiger partial charge < -0.3 is 19.9 Å². The lowest BCUT2D eigenvalue weighted by Crippen LogP contribution is -2.54. The fourth-order valence-electron chi connectivity index (χ4n) is 6.44. The average Bonchev–Trinajstić information content (AvgIpc) is 3.37. The van der Waals surface area contributed by atoms with Gasteiger partial charge in [0.15, 0.2) is 0 Å². The van der Waals surface area contributed by atoms with Crippen molar-refractivity contribution in [1.82, 2.24) is 19.4 Å². The number of fused-ring (bicyclic) bond motifs is 4. The van der Waals surface area contributed by atoms with Crippen LogP contribution in [0.2, 0.25) is 5.02 Å². The highest BCUT2D eigenvalue weighted by Gasteiger charge is 2.35. The molecule has 9 nitrogen and oxygen atoms in total. The van der Waals surface area contributed by atoms with Crippen LogP contribution in [0.4, 0.5) is 5.69 Å². The minimum Gasteiger partial charge on any atom is -0.374 e. The summed E-state index contributed by atoms with van der Waals surface area (Å²) in [6, 6.07) is 22.8. The number of nitrogens with one attached hydrogen (secondary N) is 1. The minimum atomic E-state index is -0.379. The molecule has 226 valence electrons. The molecule has 11 heteroatoms. The van der Waals surface area contributed by atoms with E-state index in [4.69, 9.17) is 16.3 Å². The Bertz CT molecular complexity index is 1780. The second kappa shape index (κ2) is 11.9. The predicted molar refractivity (Wildman–Crippen MR) is 172 cm³/mol. The smallest absolute Gasteiger partial charge is 0.333 e. The van der Waals surface area contributed by atoms with E-state index in [1.165, 1.54) is 4.57 Å². The summed E-state index contributed by atoms with van der Waals surface area (Å²) in [5.74, 6) is -0.596. The van der Waals surface area contributed by atoms with Gasteiger partial charge in [0.05, 0.1) is 41.7 Å². The molecule has 2 amide bonds. The van der Waals surface area contributed by atoms with E-state index < -0.39 is 0 Å². The van der Waals surface area contributed by atoms with Crippen LogP contribution in [0.25, 0.3) is 5.69 Å². The van der Waals surface area contributed by atoms with Crippen LogP contribution in [0.3, 0.4) is 0 Å². The topological polar surface area (TPSA) is 88.8 Å². The minimum absolute atomic E-state index is 0.109. The molecule has 44 heavy (non-hydrogen) atoms. The number of amides is 2. The molecule has 2 bridgehead atoms. The predicted octanol–water partition coefficient (Wildman–Crippen LogP) is 5.01. The van der Waals surface area contributed by atoms with Crippen molar-refractivity contribution in [3.63, 3.8) is 0 Å². The molecule has 3 saturated heterocycles. The van der Waals surface area contributed by atoms with Crippen LogP contribution >= 0.6 is 27.5 Å². The first-order valence-electron chi connectivity index (χ1n) is 14.8. The zero-order valence-electron chi connectivity index (χ0n) is 23.9. The van der Waals surface area contributed by atoms with Gasteiger partial charge in [-0.25, -0.2) is 4.79 Å². The zero-order chi connectivity index (χ0) is 30.4. The van der Waals surface area contributed by atoms with Crippen molar-refractivity contribution in [2.24, 2.45) is 0 Å². The largest absolute Gasteiger partial charge is 0.374 e. The number of ether oxygens (including phenoxy) is 1. The molecule has 3 fully saturated rings. The van der Waals surface area contributed by atoms with Crippen LogP contribution in [-0.2, 0) is 24.4 Å². The number of rotatable bonds is 6. The maximum absolute atomic E-state index is 13.9. The third kappa shape index (κ3) is 5.35. The van der Waals surface area contributed by atoms with Crippen molar-refractivity contribution in [2.45, 2.75) is 44.6 Å². The van der Waals surface area contributed by atoms with E-state index >= 15 is 0 Å². The monoisotopic (exact) mass is 675 g/mol. The second-order valence-corrected chi connectivity index (χ2v) is 12.7. The number of anilines is 1. The normalized spacial score (nSPS) is 19.1. The van der Waals surface area contributed by atoms with Gasteiger partial charge in [0, 0.05) is 41.9 Å². The van der Waals surface area contributed by atoms with Gasteiger partial charge in [0.25, 0.3) is 11.8 Å². The van der Waals surface area contributed by atoms with E-state index in [9.17, 15) is 14.4 Å². The Morgan fingerprint density at radius 1 is 0.977 bits per heavy atom. The molecule has 0 radical (unpaired) electrons. The lowest BCUT2D eigenvalue weighted by Gasteiger charge is -2.46. The Balaban J connectivity index is 1.23. The summed E-state index contributed by atoms with van der Waals surface area (Å²) in [7, 11) is 0. The molecule has 8 rings (SSSR count). The first-order valence-corrected chi connectivity index (χ1v) is 15.9. The van der Waals surface area contributed by atoms with Gasteiger partial charge in [0.2, 0.25) is 0 Å². The van der Waals surface area contributed by atoms with Gasteiger partial charge >= 0.3 is 5.69 Å². The standard InChI is InChI=1S/C33H31BrClN5O4/c34-27-13-6-22(16-28(27)35)32(42)37-14-15-38-29(19-37)30(31(41)36-17-21-4-2-1-3-5-21)40(33(38)43)24-9-7-23(8-10-24)39-18-26-12-11-25(39)20-44-26/h1-10,13,16,25-26H,11-12,14-15,17-20H2,(H,36,41)/t25-,26-/m1/s1. The van der Waals surface area contributed by atoms with E-state index in [-0.39, 0.29) is 42.4 Å². The molecule has 4 aliphatic rings. The summed E-state index contributed by atoms with van der Waals surface area (Å²) in [5.41, 5.74) is 3.48. The molecular weight excluding hydrogens is 646 g/mol. The first kappa shape index (κ1) is 28.9. The number of carbonyl (C=O) groups excluding carboxylic acids is 2. The van der Waals surface area contributed by atoms with Crippen LogP contribution < -0.4 is 15.9 Å². The molecule has 5 heterocycles. The lowest BCUT2D eigenvalue weighted by molar-refractivity contribution is -0.0225. The fourth-order valence-corrected chi connectivity index (χ4v) is 6.87. The van der Waals surface area contributed by atoms with Gasteiger partial charge in [-0.2, -0.15) is 0 Å². The van der Waals surface area contributed by atoms with Crippen molar-refractivity contribution >= 4 is 45.0 Å². The fraction of sp³-hybridized carbons (Fsp3) is 0.303.